The first-order chi connectivity index (χ1) is 12.2. The topological polar surface area (TPSA) is 60.9 Å². The Balaban J connectivity index is 1.71. The summed E-state index contributed by atoms with van der Waals surface area (Å²) in [7, 11) is 0. The predicted molar refractivity (Wildman–Crippen MR) is 103 cm³/mol. The number of hydrogen-bond acceptors (Lipinski definition) is 6. The van der Waals surface area contributed by atoms with Crippen molar-refractivity contribution in [3.8, 4) is 11.6 Å². The molecule has 2 aromatic heterocycles. The van der Waals surface area contributed by atoms with Crippen LogP contribution in [-0.2, 0) is 11.3 Å². The van der Waals surface area contributed by atoms with E-state index in [1.807, 2.05) is 54.2 Å². The van der Waals surface area contributed by atoms with Crippen LogP contribution in [0.5, 0.6) is 0 Å². The molecule has 0 N–H and O–H groups in total. The summed E-state index contributed by atoms with van der Waals surface area (Å²) in [6.07, 6.45) is 12.4. The highest BCUT2D eigenvalue weighted by Gasteiger charge is 2.17. The highest BCUT2D eigenvalue weighted by Crippen LogP contribution is 2.25. The molecule has 2 heterocycles. The predicted octanol–water partition coefficient (Wildman–Crippen LogP) is 4.35. The number of allylic oxidation sites excluding steroid dienone is 6. The molecule has 0 radical (unpaired) electrons. The van der Waals surface area contributed by atoms with E-state index in [0.717, 1.165) is 17.2 Å². The van der Waals surface area contributed by atoms with Crippen molar-refractivity contribution < 1.29 is 9.21 Å². The lowest BCUT2D eigenvalue weighted by atomic mass is 10.1. The Hall–Kier alpha value is -1.99. The molecule has 1 aliphatic rings. The molecule has 25 heavy (non-hydrogen) atoms. The number of aromatic nitrogens is 3. The number of thioether (sulfide) groups is 2. The Kier molecular flexibility index (Phi) is 5.99. The number of carbonyl (C=O) groups excluding carboxylic acids is 1. The largest absolute Gasteiger partial charge is 0.461 e. The Bertz CT molecular complexity index is 833. The van der Waals surface area contributed by atoms with Gasteiger partial charge in [0.1, 0.15) is 0 Å². The van der Waals surface area contributed by atoms with E-state index >= 15 is 0 Å². The van der Waals surface area contributed by atoms with Gasteiger partial charge >= 0.3 is 0 Å². The molecule has 0 saturated heterocycles. The molecule has 0 atom stereocenters. The van der Waals surface area contributed by atoms with Gasteiger partial charge in [0, 0.05) is 12.1 Å². The van der Waals surface area contributed by atoms with Crippen LogP contribution in [0.4, 0.5) is 0 Å². The number of nitrogens with zero attached hydrogens (tertiary/aromatic N) is 3. The molecular weight excluding hydrogens is 354 g/mol. The minimum atomic E-state index is 0.0880. The van der Waals surface area contributed by atoms with Gasteiger partial charge in [-0.15, -0.1) is 22.0 Å². The van der Waals surface area contributed by atoms with Crippen molar-refractivity contribution in [2.24, 2.45) is 0 Å². The first-order valence-electron chi connectivity index (χ1n) is 7.97. The van der Waals surface area contributed by atoms with Crippen molar-refractivity contribution in [3.63, 3.8) is 0 Å². The van der Waals surface area contributed by atoms with Gasteiger partial charge in [0.25, 0.3) is 0 Å². The SMILES string of the molecule is CCn1c(SCC(=O)C2=CC=C(SC)CC=C2)nnc1-c1ccco1. The number of ketones is 1. The molecule has 0 spiro atoms. The summed E-state index contributed by atoms with van der Waals surface area (Å²) < 4.78 is 7.36. The van der Waals surface area contributed by atoms with Gasteiger partial charge in [-0.05, 0) is 36.6 Å². The second-order valence-corrected chi connectivity index (χ2v) is 7.18. The lowest BCUT2D eigenvalue weighted by Gasteiger charge is -2.05. The summed E-state index contributed by atoms with van der Waals surface area (Å²) in [5.41, 5.74) is 0.727. The Labute approximate surface area is 155 Å². The molecule has 0 amide bonds. The molecule has 130 valence electrons. The lowest BCUT2D eigenvalue weighted by Crippen LogP contribution is -2.06. The molecule has 0 fully saturated rings. The van der Waals surface area contributed by atoms with Gasteiger partial charge in [-0.25, -0.2) is 0 Å². The van der Waals surface area contributed by atoms with Crippen molar-refractivity contribution in [1.29, 1.82) is 0 Å². The lowest BCUT2D eigenvalue weighted by molar-refractivity contribution is -0.112. The van der Waals surface area contributed by atoms with Crippen molar-refractivity contribution >= 4 is 29.3 Å². The van der Waals surface area contributed by atoms with Gasteiger partial charge in [0.05, 0.1) is 12.0 Å². The average molecular weight is 374 g/mol. The number of carbonyl (C=O) groups is 1. The second-order valence-electron chi connectivity index (χ2n) is 5.31. The van der Waals surface area contributed by atoms with Gasteiger partial charge in [0.15, 0.2) is 22.5 Å². The quantitative estimate of drug-likeness (QED) is 0.672. The van der Waals surface area contributed by atoms with Crippen molar-refractivity contribution in [2.75, 3.05) is 12.0 Å². The fourth-order valence-corrected chi connectivity index (χ4v) is 3.79. The highest BCUT2D eigenvalue weighted by atomic mass is 32.2. The average Bonchev–Trinajstić information content (AvgIpc) is 3.23. The molecule has 3 rings (SSSR count). The molecule has 2 aromatic rings. The van der Waals surface area contributed by atoms with Crippen LogP contribution in [0.1, 0.15) is 13.3 Å². The van der Waals surface area contributed by atoms with E-state index in [-0.39, 0.29) is 5.78 Å². The zero-order valence-electron chi connectivity index (χ0n) is 14.1. The van der Waals surface area contributed by atoms with E-state index in [1.54, 1.807) is 18.0 Å². The summed E-state index contributed by atoms with van der Waals surface area (Å²) >= 11 is 3.11. The summed E-state index contributed by atoms with van der Waals surface area (Å²) in [5, 5.41) is 9.14. The third kappa shape index (κ3) is 4.16. The van der Waals surface area contributed by atoms with Gasteiger partial charge in [-0.1, -0.05) is 36.1 Å². The Morgan fingerprint density at radius 1 is 1.36 bits per heavy atom. The maximum Gasteiger partial charge on any atom is 0.200 e. The summed E-state index contributed by atoms with van der Waals surface area (Å²) in [6, 6.07) is 3.67. The third-order valence-electron chi connectivity index (χ3n) is 3.76. The van der Waals surface area contributed by atoms with E-state index in [0.29, 0.717) is 23.9 Å². The van der Waals surface area contributed by atoms with Gasteiger partial charge in [-0.2, -0.15) is 0 Å². The van der Waals surface area contributed by atoms with Gasteiger partial charge < -0.3 is 4.42 Å². The van der Waals surface area contributed by atoms with E-state index in [4.69, 9.17) is 4.42 Å². The number of rotatable bonds is 7. The number of furan rings is 1. The molecule has 0 aromatic carbocycles. The van der Waals surface area contributed by atoms with E-state index in [9.17, 15) is 4.79 Å². The van der Waals surface area contributed by atoms with Gasteiger partial charge in [0.2, 0.25) is 0 Å². The maximum atomic E-state index is 12.5. The summed E-state index contributed by atoms with van der Waals surface area (Å²) in [4.78, 5) is 13.8. The van der Waals surface area contributed by atoms with Crippen LogP contribution < -0.4 is 0 Å². The normalized spacial score (nSPS) is 14.2. The van der Waals surface area contributed by atoms with Crippen LogP contribution in [0.25, 0.3) is 11.6 Å². The Morgan fingerprint density at radius 3 is 2.96 bits per heavy atom. The van der Waals surface area contributed by atoms with Crippen molar-refractivity contribution in [2.45, 2.75) is 25.0 Å². The van der Waals surface area contributed by atoms with Crippen LogP contribution in [0, 0.1) is 0 Å². The van der Waals surface area contributed by atoms with Crippen molar-refractivity contribution in [1.82, 2.24) is 14.8 Å². The standard InChI is InChI=1S/C18H19N3O2S2/c1-3-21-17(16-8-5-11-23-16)19-20-18(21)25-12-15(22)13-6-4-7-14(24-2)10-9-13/h4-6,8-11H,3,7,12H2,1-2H3. The highest BCUT2D eigenvalue weighted by molar-refractivity contribution is 8.02. The molecular formula is C18H19N3O2S2. The van der Waals surface area contributed by atoms with E-state index in [1.165, 1.54) is 16.7 Å². The van der Waals surface area contributed by atoms with Crippen LogP contribution in [0.2, 0.25) is 0 Å². The monoisotopic (exact) mass is 373 g/mol. The number of Topliss-reactive ketones (excluding diaryl/α,β-unsaturated/α-hetero) is 1. The zero-order valence-corrected chi connectivity index (χ0v) is 15.8. The minimum Gasteiger partial charge on any atom is -0.461 e. The molecule has 5 nitrogen and oxygen atoms in total. The van der Waals surface area contributed by atoms with Crippen LogP contribution in [0.3, 0.4) is 0 Å². The fourth-order valence-electron chi connectivity index (χ4n) is 2.43. The first kappa shape index (κ1) is 17.8. The van der Waals surface area contributed by atoms with Gasteiger partial charge in [-0.3, -0.25) is 9.36 Å². The molecule has 0 aliphatic heterocycles. The smallest absolute Gasteiger partial charge is 0.200 e. The van der Waals surface area contributed by atoms with E-state index in [2.05, 4.69) is 10.2 Å². The first-order valence-corrected chi connectivity index (χ1v) is 10.2. The number of hydrogen-bond donors (Lipinski definition) is 0. The van der Waals surface area contributed by atoms with Crippen LogP contribution in [0.15, 0.2) is 62.8 Å². The van der Waals surface area contributed by atoms with Crippen molar-refractivity contribution in [3.05, 3.63) is 53.2 Å². The van der Waals surface area contributed by atoms with E-state index < -0.39 is 0 Å². The second kappa shape index (κ2) is 8.40. The fraction of sp³-hybridized carbons (Fsp3) is 0.278. The third-order valence-corrected chi connectivity index (χ3v) is 5.55. The molecule has 7 heteroatoms. The molecule has 1 aliphatic carbocycles. The molecule has 0 saturated carbocycles. The molecule has 0 unspecified atom stereocenters. The van der Waals surface area contributed by atoms with Crippen LogP contribution >= 0.6 is 23.5 Å². The summed E-state index contributed by atoms with van der Waals surface area (Å²) in [6.45, 7) is 2.73. The Morgan fingerprint density at radius 2 is 2.24 bits per heavy atom. The van der Waals surface area contributed by atoms with Crippen LogP contribution in [-0.4, -0.2) is 32.6 Å². The summed E-state index contributed by atoms with van der Waals surface area (Å²) in [5.74, 6) is 1.78. The minimum absolute atomic E-state index is 0.0880. The molecule has 0 bridgehead atoms. The maximum absolute atomic E-state index is 12.5. The zero-order chi connectivity index (χ0) is 17.6.